The smallest absolute Gasteiger partial charge is 0.343 e. The first-order valence-corrected chi connectivity index (χ1v) is 9.06. The van der Waals surface area contributed by atoms with Crippen molar-refractivity contribution in [2.75, 3.05) is 6.61 Å². The first-order chi connectivity index (χ1) is 11.2. The van der Waals surface area contributed by atoms with E-state index in [1.54, 1.807) is 11.3 Å². The third kappa shape index (κ3) is 3.67. The van der Waals surface area contributed by atoms with Crippen LogP contribution in [0.1, 0.15) is 52.3 Å². The molecule has 2 heterocycles. The topological polar surface area (TPSA) is 70.7 Å². The molecule has 0 aliphatic heterocycles. The van der Waals surface area contributed by atoms with Crippen LogP contribution < -0.4 is 5.63 Å². The zero-order valence-corrected chi connectivity index (χ0v) is 14.0. The van der Waals surface area contributed by atoms with Crippen LogP contribution in [-0.2, 0) is 25.7 Å². The molecule has 0 saturated heterocycles. The quantitative estimate of drug-likeness (QED) is 0.901. The van der Waals surface area contributed by atoms with Crippen LogP contribution >= 0.6 is 11.3 Å². The summed E-state index contributed by atoms with van der Waals surface area (Å²) in [5.74, 6) is 0.804. The third-order valence-corrected chi connectivity index (χ3v) is 5.52. The van der Waals surface area contributed by atoms with Gasteiger partial charge in [-0.1, -0.05) is 12.8 Å². The summed E-state index contributed by atoms with van der Waals surface area (Å²) < 4.78 is 5.52. The Morgan fingerprint density at radius 3 is 2.61 bits per heavy atom. The fourth-order valence-electron chi connectivity index (χ4n) is 3.14. The lowest BCUT2D eigenvalue weighted by atomic mass is 9.95. The number of rotatable bonds is 4. The van der Waals surface area contributed by atoms with E-state index in [4.69, 9.17) is 9.52 Å². The molecule has 0 amide bonds. The molecule has 0 atom stereocenters. The van der Waals surface area contributed by atoms with Crippen LogP contribution in [0.4, 0.5) is 0 Å². The largest absolute Gasteiger partial charge is 0.507 e. The molecule has 1 aliphatic carbocycles. The predicted octanol–water partition coefficient (Wildman–Crippen LogP) is 3.19. The van der Waals surface area contributed by atoms with Gasteiger partial charge in [-0.25, -0.2) is 4.79 Å². The zero-order valence-electron chi connectivity index (χ0n) is 13.1. The molecule has 3 rings (SSSR count). The van der Waals surface area contributed by atoms with Crippen molar-refractivity contribution >= 4 is 11.3 Å². The zero-order chi connectivity index (χ0) is 16.2. The highest BCUT2D eigenvalue weighted by Gasteiger charge is 2.20. The number of aryl methyl sites for hydroxylation is 1. The molecule has 2 N–H and O–H groups in total. The molecule has 23 heavy (non-hydrogen) atoms. The fourth-order valence-corrected chi connectivity index (χ4v) is 4.16. The van der Waals surface area contributed by atoms with E-state index < -0.39 is 5.63 Å². The summed E-state index contributed by atoms with van der Waals surface area (Å²) in [5, 5.41) is 19.6. The van der Waals surface area contributed by atoms with Crippen LogP contribution in [0.2, 0.25) is 0 Å². The summed E-state index contributed by atoms with van der Waals surface area (Å²) in [4.78, 5) is 14.4. The van der Waals surface area contributed by atoms with Crippen LogP contribution in [-0.4, -0.2) is 16.8 Å². The van der Waals surface area contributed by atoms with Gasteiger partial charge in [-0.05, 0) is 31.4 Å². The lowest BCUT2D eigenvalue weighted by molar-refractivity contribution is 0.300. The van der Waals surface area contributed by atoms with Crippen LogP contribution in [0.3, 0.4) is 0 Å². The number of hydrogen-bond donors (Lipinski definition) is 2. The molecule has 0 saturated carbocycles. The molecule has 0 spiro atoms. The molecule has 0 radical (unpaired) electrons. The molecule has 1 aliphatic rings. The van der Waals surface area contributed by atoms with E-state index in [-0.39, 0.29) is 12.4 Å². The molecule has 4 nitrogen and oxygen atoms in total. The minimum absolute atomic E-state index is 0.117. The Morgan fingerprint density at radius 1 is 1.09 bits per heavy atom. The highest BCUT2D eigenvalue weighted by molar-refractivity contribution is 7.12. The minimum Gasteiger partial charge on any atom is -0.507 e. The maximum absolute atomic E-state index is 12.3. The number of aromatic hydroxyl groups is 1. The summed E-state index contributed by atoms with van der Waals surface area (Å²) in [6, 6.07) is 3.91. The molecular formula is C18H22O4S. The van der Waals surface area contributed by atoms with Crippen molar-refractivity contribution in [3.8, 4) is 5.75 Å². The Hall–Kier alpha value is -1.59. The SMILES string of the molecule is O=c1oc2c(c(O)c1Cc1ccc(CCO)s1)CCCCCC2. The molecule has 0 bridgehead atoms. The van der Waals surface area contributed by atoms with Gasteiger partial charge in [-0.2, -0.15) is 0 Å². The molecular weight excluding hydrogens is 312 g/mol. The van der Waals surface area contributed by atoms with Crippen molar-refractivity contribution in [2.24, 2.45) is 0 Å². The minimum atomic E-state index is -0.418. The average molecular weight is 334 g/mol. The standard InChI is InChI=1S/C18H22O4S/c19-10-9-12-7-8-13(23-12)11-15-17(20)14-5-3-1-2-4-6-16(14)22-18(15)21/h7-8,19-20H,1-6,9-11H2. The monoisotopic (exact) mass is 334 g/mol. The van der Waals surface area contributed by atoms with Crippen molar-refractivity contribution in [1.29, 1.82) is 0 Å². The van der Waals surface area contributed by atoms with E-state index in [9.17, 15) is 9.90 Å². The van der Waals surface area contributed by atoms with Crippen molar-refractivity contribution in [2.45, 2.75) is 51.4 Å². The summed E-state index contributed by atoms with van der Waals surface area (Å²) in [6.07, 6.45) is 6.85. The van der Waals surface area contributed by atoms with E-state index in [0.717, 1.165) is 53.8 Å². The van der Waals surface area contributed by atoms with Crippen LogP contribution in [0, 0.1) is 0 Å². The Balaban J connectivity index is 1.92. The van der Waals surface area contributed by atoms with Gasteiger partial charge in [0.05, 0.1) is 5.56 Å². The summed E-state index contributed by atoms with van der Waals surface area (Å²) in [6.45, 7) is 0.117. The molecule has 5 heteroatoms. The van der Waals surface area contributed by atoms with Gasteiger partial charge >= 0.3 is 5.63 Å². The van der Waals surface area contributed by atoms with Crippen LogP contribution in [0.15, 0.2) is 21.3 Å². The Labute approximate surface area is 139 Å². The van der Waals surface area contributed by atoms with Gasteiger partial charge in [0.2, 0.25) is 0 Å². The number of aliphatic hydroxyl groups is 1. The molecule has 0 fully saturated rings. The third-order valence-electron chi connectivity index (χ3n) is 4.38. The van der Waals surface area contributed by atoms with Gasteiger partial charge in [-0.15, -0.1) is 11.3 Å². The molecule has 0 unspecified atom stereocenters. The van der Waals surface area contributed by atoms with E-state index in [0.29, 0.717) is 24.2 Å². The number of thiophene rings is 1. The van der Waals surface area contributed by atoms with E-state index >= 15 is 0 Å². The lowest BCUT2D eigenvalue weighted by Gasteiger charge is -2.15. The second-order valence-electron chi connectivity index (χ2n) is 6.05. The maximum Gasteiger partial charge on any atom is 0.343 e. The average Bonchev–Trinajstić information content (AvgIpc) is 2.93. The Kier molecular flexibility index (Phi) is 5.18. The Bertz CT molecular complexity index is 729. The first kappa shape index (κ1) is 16.3. The molecule has 0 aromatic carbocycles. The highest BCUT2D eigenvalue weighted by atomic mass is 32.1. The van der Waals surface area contributed by atoms with Crippen molar-refractivity contribution in [3.63, 3.8) is 0 Å². The maximum atomic E-state index is 12.3. The fraction of sp³-hybridized carbons (Fsp3) is 0.500. The van der Waals surface area contributed by atoms with Crippen molar-refractivity contribution in [3.05, 3.63) is 49.2 Å². The summed E-state index contributed by atoms with van der Waals surface area (Å²) in [7, 11) is 0. The molecule has 2 aromatic heterocycles. The Morgan fingerprint density at radius 2 is 1.83 bits per heavy atom. The first-order valence-electron chi connectivity index (χ1n) is 8.24. The summed E-state index contributed by atoms with van der Waals surface area (Å²) in [5.41, 5.74) is 0.770. The van der Waals surface area contributed by atoms with Gasteiger partial charge in [0, 0.05) is 41.2 Å². The van der Waals surface area contributed by atoms with E-state index in [2.05, 4.69) is 0 Å². The van der Waals surface area contributed by atoms with E-state index in [1.165, 1.54) is 0 Å². The normalized spacial score (nSPS) is 15.0. The highest BCUT2D eigenvalue weighted by Crippen LogP contribution is 2.31. The molecule has 2 aromatic rings. The second-order valence-corrected chi connectivity index (χ2v) is 7.30. The van der Waals surface area contributed by atoms with Gasteiger partial charge in [-0.3, -0.25) is 0 Å². The van der Waals surface area contributed by atoms with Gasteiger partial charge < -0.3 is 14.6 Å². The van der Waals surface area contributed by atoms with Crippen molar-refractivity contribution < 1.29 is 14.6 Å². The number of hydrogen-bond acceptors (Lipinski definition) is 5. The van der Waals surface area contributed by atoms with Crippen LogP contribution in [0.25, 0.3) is 0 Å². The lowest BCUT2D eigenvalue weighted by Crippen LogP contribution is -2.13. The van der Waals surface area contributed by atoms with E-state index in [1.807, 2.05) is 12.1 Å². The number of aliphatic hydroxyl groups excluding tert-OH is 1. The number of fused-ring (bicyclic) bond motifs is 1. The van der Waals surface area contributed by atoms with Gasteiger partial charge in [0.15, 0.2) is 0 Å². The van der Waals surface area contributed by atoms with Gasteiger partial charge in [0.25, 0.3) is 0 Å². The van der Waals surface area contributed by atoms with Crippen molar-refractivity contribution in [1.82, 2.24) is 0 Å². The summed E-state index contributed by atoms with van der Waals surface area (Å²) >= 11 is 1.56. The van der Waals surface area contributed by atoms with Gasteiger partial charge in [0.1, 0.15) is 11.5 Å². The molecule has 124 valence electrons. The predicted molar refractivity (Wildman–Crippen MR) is 90.4 cm³/mol. The second kappa shape index (κ2) is 7.32. The van der Waals surface area contributed by atoms with Crippen LogP contribution in [0.5, 0.6) is 5.75 Å².